The molecule has 5 nitrogen and oxygen atoms in total. The van der Waals surface area contributed by atoms with Crippen LogP contribution in [0.15, 0.2) is 47.1 Å². The fourth-order valence-corrected chi connectivity index (χ4v) is 3.31. The van der Waals surface area contributed by atoms with Crippen LogP contribution in [0.5, 0.6) is 11.5 Å². The van der Waals surface area contributed by atoms with E-state index in [4.69, 9.17) is 32.7 Å². The van der Waals surface area contributed by atoms with Gasteiger partial charge in [0.05, 0.1) is 35.2 Å². The van der Waals surface area contributed by atoms with Crippen LogP contribution in [0.4, 0.5) is 5.69 Å². The molecule has 1 aliphatic heterocycles. The Hall–Kier alpha value is -2.50. The van der Waals surface area contributed by atoms with Gasteiger partial charge in [0, 0.05) is 5.02 Å². The third-order valence-corrected chi connectivity index (χ3v) is 4.56. The summed E-state index contributed by atoms with van der Waals surface area (Å²) in [6, 6.07) is 10.5. The fourth-order valence-electron chi connectivity index (χ4n) is 2.85. The minimum absolute atomic E-state index is 0.234. The number of hydrogen-bond donors (Lipinski definition) is 0. The van der Waals surface area contributed by atoms with Crippen molar-refractivity contribution in [2.24, 2.45) is 5.10 Å². The van der Waals surface area contributed by atoms with Gasteiger partial charge in [0.25, 0.3) is 5.91 Å². The molecule has 0 unspecified atom stereocenters. The van der Waals surface area contributed by atoms with Gasteiger partial charge in [-0.25, -0.2) is 0 Å². The molecule has 2 aromatic carbocycles. The van der Waals surface area contributed by atoms with Crippen LogP contribution in [-0.4, -0.2) is 24.8 Å². The van der Waals surface area contributed by atoms with Gasteiger partial charge in [-0.3, -0.25) is 4.79 Å². The second-order valence-corrected chi connectivity index (χ2v) is 6.88. The van der Waals surface area contributed by atoms with Gasteiger partial charge in [0.2, 0.25) is 0 Å². The van der Waals surface area contributed by atoms with Crippen molar-refractivity contribution in [2.75, 3.05) is 18.2 Å². The number of hydrazone groups is 1. The van der Waals surface area contributed by atoms with Crippen molar-refractivity contribution >= 4 is 46.6 Å². The number of benzene rings is 2. The first-order chi connectivity index (χ1) is 13.4. The molecule has 146 valence electrons. The lowest BCUT2D eigenvalue weighted by molar-refractivity contribution is -0.114. The topological polar surface area (TPSA) is 51.1 Å². The number of carbonyl (C=O) groups is 1. The Bertz CT molecular complexity index is 970. The van der Waals surface area contributed by atoms with Crippen molar-refractivity contribution in [3.05, 3.63) is 57.6 Å². The van der Waals surface area contributed by atoms with Gasteiger partial charge in [-0.1, -0.05) is 29.3 Å². The van der Waals surface area contributed by atoms with Crippen LogP contribution in [0, 0.1) is 0 Å². The molecule has 1 amide bonds. The molecule has 0 radical (unpaired) electrons. The van der Waals surface area contributed by atoms with E-state index in [1.54, 1.807) is 49.4 Å². The standard InChI is InChI=1S/C21H20Cl2N2O3/c1-4-27-19-11-14(10-18(23)20(19)28-5-2)9-17-13(3)24-25(21(17)26)16-8-6-7-15(22)12-16/h6-12H,4-5H2,1-3H3. The minimum atomic E-state index is -0.234. The number of anilines is 1. The Kier molecular flexibility index (Phi) is 6.27. The van der Waals surface area contributed by atoms with Gasteiger partial charge in [0.1, 0.15) is 0 Å². The lowest BCUT2D eigenvalue weighted by Crippen LogP contribution is -2.21. The molecule has 28 heavy (non-hydrogen) atoms. The highest BCUT2D eigenvalue weighted by atomic mass is 35.5. The number of hydrogen-bond acceptors (Lipinski definition) is 4. The molecule has 0 N–H and O–H groups in total. The van der Waals surface area contributed by atoms with E-state index < -0.39 is 0 Å². The van der Waals surface area contributed by atoms with Crippen LogP contribution >= 0.6 is 23.2 Å². The molecule has 7 heteroatoms. The zero-order valence-electron chi connectivity index (χ0n) is 15.8. The Morgan fingerprint density at radius 1 is 1.11 bits per heavy atom. The summed E-state index contributed by atoms with van der Waals surface area (Å²) in [5.41, 5.74) is 2.42. The van der Waals surface area contributed by atoms with Crippen molar-refractivity contribution < 1.29 is 14.3 Å². The minimum Gasteiger partial charge on any atom is -0.490 e. The SMILES string of the molecule is CCOc1cc(C=C2C(=O)N(c3cccc(Cl)c3)N=C2C)cc(Cl)c1OCC. The smallest absolute Gasteiger partial charge is 0.280 e. The largest absolute Gasteiger partial charge is 0.490 e. The average Bonchev–Trinajstić information content (AvgIpc) is 2.93. The van der Waals surface area contributed by atoms with Crippen LogP contribution in [0.25, 0.3) is 6.08 Å². The monoisotopic (exact) mass is 418 g/mol. The molecule has 0 saturated heterocycles. The van der Waals surface area contributed by atoms with Gasteiger partial charge in [-0.15, -0.1) is 0 Å². The van der Waals surface area contributed by atoms with Crippen LogP contribution < -0.4 is 14.5 Å². The first kappa shape index (κ1) is 20.2. The van der Waals surface area contributed by atoms with E-state index in [9.17, 15) is 4.79 Å². The van der Waals surface area contributed by atoms with E-state index in [2.05, 4.69) is 5.10 Å². The summed E-state index contributed by atoms with van der Waals surface area (Å²) < 4.78 is 11.2. The van der Waals surface area contributed by atoms with E-state index >= 15 is 0 Å². The summed E-state index contributed by atoms with van der Waals surface area (Å²) in [6.07, 6.45) is 1.75. The first-order valence-electron chi connectivity index (χ1n) is 8.91. The summed E-state index contributed by atoms with van der Waals surface area (Å²) in [5.74, 6) is 0.801. The second-order valence-electron chi connectivity index (χ2n) is 6.04. The van der Waals surface area contributed by atoms with Gasteiger partial charge in [-0.05, 0) is 62.7 Å². The summed E-state index contributed by atoms with van der Waals surface area (Å²) in [5, 5.41) is 6.67. The molecule has 2 aromatic rings. The normalized spacial score (nSPS) is 15.2. The summed E-state index contributed by atoms with van der Waals surface area (Å²) in [4.78, 5) is 12.9. The van der Waals surface area contributed by atoms with E-state index in [1.807, 2.05) is 13.8 Å². The average molecular weight is 419 g/mol. The summed E-state index contributed by atoms with van der Waals surface area (Å²) in [7, 11) is 0. The molecule has 0 bridgehead atoms. The van der Waals surface area contributed by atoms with E-state index in [1.165, 1.54) is 5.01 Å². The lowest BCUT2D eigenvalue weighted by Gasteiger charge is -2.14. The Balaban J connectivity index is 1.97. The third-order valence-electron chi connectivity index (χ3n) is 4.05. The van der Waals surface area contributed by atoms with Crippen LogP contribution in [-0.2, 0) is 4.79 Å². The summed E-state index contributed by atoms with van der Waals surface area (Å²) in [6.45, 7) is 6.49. The maximum Gasteiger partial charge on any atom is 0.280 e. The van der Waals surface area contributed by atoms with Crippen LogP contribution in [0.3, 0.4) is 0 Å². The van der Waals surface area contributed by atoms with Crippen molar-refractivity contribution in [2.45, 2.75) is 20.8 Å². The van der Waals surface area contributed by atoms with Gasteiger partial charge in [-0.2, -0.15) is 10.1 Å². The molecule has 0 saturated carbocycles. The highest BCUT2D eigenvalue weighted by Gasteiger charge is 2.29. The van der Waals surface area contributed by atoms with Crippen molar-refractivity contribution in [1.29, 1.82) is 0 Å². The number of carbonyl (C=O) groups excluding carboxylic acids is 1. The number of amides is 1. The second kappa shape index (κ2) is 8.67. The van der Waals surface area contributed by atoms with Crippen molar-refractivity contribution in [1.82, 2.24) is 0 Å². The predicted octanol–water partition coefficient (Wildman–Crippen LogP) is 5.60. The quantitative estimate of drug-likeness (QED) is 0.573. The first-order valence-corrected chi connectivity index (χ1v) is 9.66. The molecule has 0 aromatic heterocycles. The van der Waals surface area contributed by atoms with Crippen LogP contribution in [0.2, 0.25) is 10.0 Å². The molecule has 0 spiro atoms. The number of nitrogens with zero attached hydrogens (tertiary/aromatic N) is 2. The van der Waals surface area contributed by atoms with Gasteiger partial charge >= 0.3 is 0 Å². The predicted molar refractivity (Wildman–Crippen MR) is 114 cm³/mol. The zero-order chi connectivity index (χ0) is 20.3. The molecule has 0 atom stereocenters. The van der Waals surface area contributed by atoms with Gasteiger partial charge < -0.3 is 9.47 Å². The fraction of sp³-hybridized carbons (Fsp3) is 0.238. The Labute approximate surface area is 174 Å². The Morgan fingerprint density at radius 2 is 1.86 bits per heavy atom. The van der Waals surface area contributed by atoms with Gasteiger partial charge in [0.15, 0.2) is 11.5 Å². The van der Waals surface area contributed by atoms with E-state index in [-0.39, 0.29) is 5.91 Å². The molecule has 3 rings (SSSR count). The highest BCUT2D eigenvalue weighted by Crippen LogP contribution is 2.38. The Morgan fingerprint density at radius 3 is 2.54 bits per heavy atom. The van der Waals surface area contributed by atoms with Crippen molar-refractivity contribution in [3.63, 3.8) is 0 Å². The van der Waals surface area contributed by atoms with Crippen LogP contribution in [0.1, 0.15) is 26.3 Å². The molecule has 0 fully saturated rings. The summed E-state index contributed by atoms with van der Waals surface area (Å²) >= 11 is 12.4. The molecule has 1 heterocycles. The zero-order valence-corrected chi connectivity index (χ0v) is 17.3. The lowest BCUT2D eigenvalue weighted by atomic mass is 10.1. The maximum atomic E-state index is 12.9. The molecular weight excluding hydrogens is 399 g/mol. The van der Waals surface area contributed by atoms with E-state index in [0.717, 1.165) is 5.56 Å². The highest BCUT2D eigenvalue weighted by molar-refractivity contribution is 6.34. The number of halogens is 2. The van der Waals surface area contributed by atoms with Crippen molar-refractivity contribution in [3.8, 4) is 11.5 Å². The third kappa shape index (κ3) is 4.16. The molecular formula is C21H20Cl2N2O3. The maximum absolute atomic E-state index is 12.9. The molecule has 1 aliphatic rings. The number of rotatable bonds is 6. The number of ether oxygens (including phenoxy) is 2. The molecule has 0 aliphatic carbocycles. The van der Waals surface area contributed by atoms with E-state index in [0.29, 0.717) is 51.7 Å².